The maximum absolute atomic E-state index is 5.78. The fraction of sp³-hybridized carbons (Fsp3) is 0.0714. The molecular weight excluding hydrogens is 250 g/mol. The molecule has 1 aliphatic rings. The van der Waals surface area contributed by atoms with Crippen molar-refractivity contribution in [3.05, 3.63) is 52.8 Å². The zero-order valence-corrected chi connectivity index (χ0v) is 10.2. The fourth-order valence-electron chi connectivity index (χ4n) is 1.68. The van der Waals surface area contributed by atoms with Crippen LogP contribution in [0.2, 0.25) is 5.02 Å². The molecule has 90 valence electrons. The van der Waals surface area contributed by atoms with E-state index in [1.807, 2.05) is 42.5 Å². The lowest BCUT2D eigenvalue weighted by Gasteiger charge is -1.97. The van der Waals surface area contributed by atoms with Crippen LogP contribution in [0.25, 0.3) is 12.2 Å². The lowest BCUT2D eigenvalue weighted by atomic mass is 10.2. The minimum absolute atomic E-state index is 0.293. The Bertz CT molecular complexity index is 593. The molecule has 0 bridgehead atoms. The van der Waals surface area contributed by atoms with Crippen LogP contribution in [0, 0.1) is 0 Å². The minimum atomic E-state index is 0.293. The van der Waals surface area contributed by atoms with Gasteiger partial charge >= 0.3 is 0 Å². The van der Waals surface area contributed by atoms with E-state index in [1.54, 1.807) is 6.20 Å². The van der Waals surface area contributed by atoms with E-state index in [1.165, 1.54) is 0 Å². The summed E-state index contributed by atoms with van der Waals surface area (Å²) in [6, 6.07) is 9.49. The zero-order valence-electron chi connectivity index (χ0n) is 9.47. The Kier molecular flexibility index (Phi) is 2.90. The first-order chi connectivity index (χ1) is 8.81. The molecule has 0 N–H and O–H groups in total. The largest absolute Gasteiger partial charge is 0.454 e. The monoisotopic (exact) mass is 259 g/mol. The van der Waals surface area contributed by atoms with Gasteiger partial charge in [-0.3, -0.25) is 4.98 Å². The number of pyridine rings is 1. The van der Waals surface area contributed by atoms with Gasteiger partial charge in [0.1, 0.15) is 0 Å². The first-order valence-electron chi connectivity index (χ1n) is 5.50. The van der Waals surface area contributed by atoms with E-state index in [2.05, 4.69) is 4.98 Å². The Morgan fingerprint density at radius 1 is 1.06 bits per heavy atom. The summed E-state index contributed by atoms with van der Waals surface area (Å²) in [5.41, 5.74) is 1.90. The Balaban J connectivity index is 1.82. The van der Waals surface area contributed by atoms with Gasteiger partial charge in [-0.25, -0.2) is 0 Å². The highest BCUT2D eigenvalue weighted by atomic mass is 35.5. The number of hydrogen-bond donors (Lipinski definition) is 0. The number of nitrogens with zero attached hydrogens (tertiary/aromatic N) is 1. The molecule has 3 rings (SSSR count). The van der Waals surface area contributed by atoms with Crippen LogP contribution in [0.3, 0.4) is 0 Å². The summed E-state index contributed by atoms with van der Waals surface area (Å²) in [6.45, 7) is 0.293. The predicted octanol–water partition coefficient (Wildman–Crippen LogP) is 3.63. The van der Waals surface area contributed by atoms with Gasteiger partial charge in [0.25, 0.3) is 0 Å². The molecular formula is C14H10ClNO2. The van der Waals surface area contributed by atoms with Gasteiger partial charge in [-0.05, 0) is 35.9 Å². The molecule has 0 spiro atoms. The maximum Gasteiger partial charge on any atom is 0.231 e. The molecule has 2 aromatic rings. The minimum Gasteiger partial charge on any atom is -0.454 e. The molecule has 0 saturated heterocycles. The van der Waals surface area contributed by atoms with Crippen LogP contribution >= 0.6 is 11.6 Å². The average Bonchev–Trinajstić information content (AvgIpc) is 2.85. The van der Waals surface area contributed by atoms with Crippen LogP contribution in [-0.4, -0.2) is 11.8 Å². The number of halogens is 1. The van der Waals surface area contributed by atoms with Gasteiger partial charge in [0, 0.05) is 6.20 Å². The molecule has 1 aromatic heterocycles. The fourth-order valence-corrected chi connectivity index (χ4v) is 1.80. The molecule has 3 nitrogen and oxygen atoms in total. The summed E-state index contributed by atoms with van der Waals surface area (Å²) in [4.78, 5) is 4.19. The maximum atomic E-state index is 5.78. The smallest absolute Gasteiger partial charge is 0.231 e. The Labute approximate surface area is 110 Å². The van der Waals surface area contributed by atoms with Gasteiger partial charge in [-0.15, -0.1) is 0 Å². The van der Waals surface area contributed by atoms with Crippen molar-refractivity contribution < 1.29 is 9.47 Å². The summed E-state index contributed by atoms with van der Waals surface area (Å²) in [5, 5.41) is 0.634. The van der Waals surface area contributed by atoms with E-state index < -0.39 is 0 Å². The highest BCUT2D eigenvalue weighted by molar-refractivity contribution is 6.30. The summed E-state index contributed by atoms with van der Waals surface area (Å²) < 4.78 is 10.6. The number of aromatic nitrogens is 1. The van der Waals surface area contributed by atoms with E-state index in [-0.39, 0.29) is 0 Å². The first-order valence-corrected chi connectivity index (χ1v) is 5.88. The van der Waals surface area contributed by atoms with Crippen LogP contribution in [0.1, 0.15) is 11.3 Å². The standard InChI is InChI=1S/C14H10ClNO2/c15-11-3-5-12(16-8-11)4-1-10-2-6-13-14(7-10)18-9-17-13/h1-8H,9H2/b4-1+. The van der Waals surface area contributed by atoms with E-state index >= 15 is 0 Å². The number of rotatable bonds is 2. The van der Waals surface area contributed by atoms with Crippen molar-refractivity contribution in [1.29, 1.82) is 0 Å². The molecule has 1 aliphatic heterocycles. The van der Waals surface area contributed by atoms with Gasteiger partial charge in [-0.1, -0.05) is 23.7 Å². The van der Waals surface area contributed by atoms with Crippen LogP contribution in [0.15, 0.2) is 36.5 Å². The number of hydrogen-bond acceptors (Lipinski definition) is 3. The van der Waals surface area contributed by atoms with Crippen LogP contribution < -0.4 is 9.47 Å². The lowest BCUT2D eigenvalue weighted by Crippen LogP contribution is -1.92. The molecule has 4 heteroatoms. The highest BCUT2D eigenvalue weighted by Crippen LogP contribution is 2.32. The third-order valence-corrected chi connectivity index (χ3v) is 2.82. The summed E-state index contributed by atoms with van der Waals surface area (Å²) in [6.07, 6.45) is 5.52. The number of fused-ring (bicyclic) bond motifs is 1. The third-order valence-electron chi connectivity index (χ3n) is 2.59. The quantitative estimate of drug-likeness (QED) is 0.825. The first kappa shape index (κ1) is 11.1. The SMILES string of the molecule is Clc1ccc(/C=C/c2ccc3c(c2)OCO3)nc1. The normalized spacial score (nSPS) is 13.2. The molecule has 0 saturated carbocycles. The Morgan fingerprint density at radius 2 is 1.94 bits per heavy atom. The van der Waals surface area contributed by atoms with Gasteiger partial charge in [0.05, 0.1) is 10.7 Å². The summed E-state index contributed by atoms with van der Waals surface area (Å²) >= 11 is 5.78. The molecule has 2 heterocycles. The van der Waals surface area contributed by atoms with E-state index in [4.69, 9.17) is 21.1 Å². The van der Waals surface area contributed by atoms with Crippen molar-refractivity contribution in [1.82, 2.24) is 4.98 Å². The van der Waals surface area contributed by atoms with Crippen molar-refractivity contribution in [2.75, 3.05) is 6.79 Å². The Morgan fingerprint density at radius 3 is 2.78 bits per heavy atom. The second-order valence-electron chi connectivity index (χ2n) is 3.85. The molecule has 0 fully saturated rings. The number of ether oxygens (including phenoxy) is 2. The predicted molar refractivity (Wildman–Crippen MR) is 70.7 cm³/mol. The molecule has 18 heavy (non-hydrogen) atoms. The van der Waals surface area contributed by atoms with Crippen molar-refractivity contribution in [3.8, 4) is 11.5 Å². The molecule has 0 radical (unpaired) electrons. The van der Waals surface area contributed by atoms with E-state index in [0.717, 1.165) is 22.8 Å². The van der Waals surface area contributed by atoms with Gasteiger partial charge < -0.3 is 9.47 Å². The van der Waals surface area contributed by atoms with Gasteiger partial charge in [0.15, 0.2) is 11.5 Å². The molecule has 0 amide bonds. The Hall–Kier alpha value is -2.00. The molecule has 0 aliphatic carbocycles. The lowest BCUT2D eigenvalue weighted by molar-refractivity contribution is 0.174. The van der Waals surface area contributed by atoms with Crippen molar-refractivity contribution >= 4 is 23.8 Å². The number of benzene rings is 1. The molecule has 0 atom stereocenters. The molecule has 0 unspecified atom stereocenters. The second kappa shape index (κ2) is 4.70. The molecule has 1 aromatic carbocycles. The summed E-state index contributed by atoms with van der Waals surface area (Å²) in [5.74, 6) is 1.57. The van der Waals surface area contributed by atoms with Crippen molar-refractivity contribution in [2.24, 2.45) is 0 Å². The van der Waals surface area contributed by atoms with Crippen LogP contribution in [0.5, 0.6) is 11.5 Å². The topological polar surface area (TPSA) is 31.4 Å². The average molecular weight is 260 g/mol. The van der Waals surface area contributed by atoms with E-state index in [9.17, 15) is 0 Å². The second-order valence-corrected chi connectivity index (χ2v) is 4.28. The third kappa shape index (κ3) is 2.31. The van der Waals surface area contributed by atoms with Crippen LogP contribution in [0.4, 0.5) is 0 Å². The highest BCUT2D eigenvalue weighted by Gasteiger charge is 2.11. The summed E-state index contributed by atoms with van der Waals surface area (Å²) in [7, 11) is 0. The van der Waals surface area contributed by atoms with E-state index in [0.29, 0.717) is 11.8 Å². The van der Waals surface area contributed by atoms with Crippen molar-refractivity contribution in [2.45, 2.75) is 0 Å². The van der Waals surface area contributed by atoms with Gasteiger partial charge in [0.2, 0.25) is 6.79 Å². The van der Waals surface area contributed by atoms with Gasteiger partial charge in [-0.2, -0.15) is 0 Å². The van der Waals surface area contributed by atoms with Crippen LogP contribution in [-0.2, 0) is 0 Å². The van der Waals surface area contributed by atoms with Crippen molar-refractivity contribution in [3.63, 3.8) is 0 Å². The zero-order chi connectivity index (χ0) is 12.4.